The maximum Gasteiger partial charge on any atom is 0.322 e. The van der Waals surface area contributed by atoms with Gasteiger partial charge in [0.2, 0.25) is 0 Å². The van der Waals surface area contributed by atoms with Crippen molar-refractivity contribution in [3.63, 3.8) is 0 Å². The Morgan fingerprint density at radius 1 is 1.19 bits per heavy atom. The first-order valence-electron chi connectivity index (χ1n) is 4.85. The predicted octanol–water partition coefficient (Wildman–Crippen LogP) is 0.555. The second kappa shape index (κ2) is 4.07. The van der Waals surface area contributed by atoms with Crippen molar-refractivity contribution in [3.05, 3.63) is 35.4 Å². The second-order valence-electron chi connectivity index (χ2n) is 3.53. The summed E-state index contributed by atoms with van der Waals surface area (Å²) in [4.78, 5) is 22.0. The Kier molecular flexibility index (Phi) is 2.61. The van der Waals surface area contributed by atoms with Gasteiger partial charge in [-0.05, 0) is 19.1 Å². The normalized spacial score (nSPS) is 18.4. The summed E-state index contributed by atoms with van der Waals surface area (Å²) in [5.74, 6) is 5.14. The summed E-state index contributed by atoms with van der Waals surface area (Å²) in [7, 11) is 0. The second-order valence-corrected chi connectivity index (χ2v) is 3.53. The zero-order valence-corrected chi connectivity index (χ0v) is 8.70. The summed E-state index contributed by atoms with van der Waals surface area (Å²) < 4.78 is 0. The molecule has 0 saturated carbocycles. The summed E-state index contributed by atoms with van der Waals surface area (Å²) in [5, 5.41) is 4.53. The third-order valence-corrected chi connectivity index (χ3v) is 2.19. The monoisotopic (exact) mass is 214 g/mol. The molecule has 1 aliphatic heterocycles. The fourth-order valence-electron chi connectivity index (χ4n) is 1.31. The number of urea groups is 1. The van der Waals surface area contributed by atoms with Gasteiger partial charge in [-0.3, -0.25) is 10.1 Å². The molecule has 80 valence electrons. The number of imide groups is 1. The molecule has 1 fully saturated rings. The average Bonchev–Trinajstić information content (AvgIpc) is 2.57. The van der Waals surface area contributed by atoms with Crippen molar-refractivity contribution in [2.75, 3.05) is 0 Å². The van der Waals surface area contributed by atoms with E-state index >= 15 is 0 Å². The van der Waals surface area contributed by atoms with Crippen LogP contribution in [0.1, 0.15) is 11.1 Å². The van der Waals surface area contributed by atoms with Crippen LogP contribution in [-0.2, 0) is 4.79 Å². The standard InChI is InChI=1S/C12H10N2O2/c1-8-2-4-9(5-3-8)6-7-10-11(15)14-12(16)13-10/h2-5,10H,1H3,(H2,13,14,15,16). The minimum atomic E-state index is -0.742. The highest BCUT2D eigenvalue weighted by molar-refractivity contribution is 6.05. The van der Waals surface area contributed by atoms with Crippen molar-refractivity contribution < 1.29 is 9.59 Å². The third-order valence-electron chi connectivity index (χ3n) is 2.19. The molecule has 3 amide bonds. The van der Waals surface area contributed by atoms with E-state index < -0.39 is 18.0 Å². The quantitative estimate of drug-likeness (QED) is 0.489. The number of hydrogen-bond donors (Lipinski definition) is 2. The number of carbonyl (C=O) groups excluding carboxylic acids is 2. The zero-order valence-electron chi connectivity index (χ0n) is 8.70. The van der Waals surface area contributed by atoms with E-state index in [2.05, 4.69) is 22.5 Å². The molecule has 0 aromatic heterocycles. The third kappa shape index (κ3) is 2.20. The molecular formula is C12H10N2O2. The molecule has 0 spiro atoms. The lowest BCUT2D eigenvalue weighted by molar-refractivity contribution is -0.119. The van der Waals surface area contributed by atoms with Gasteiger partial charge in [-0.2, -0.15) is 0 Å². The lowest BCUT2D eigenvalue weighted by Gasteiger charge is -1.95. The van der Waals surface area contributed by atoms with Crippen LogP contribution in [0.25, 0.3) is 0 Å². The molecule has 0 aliphatic carbocycles. The molecule has 16 heavy (non-hydrogen) atoms. The largest absolute Gasteiger partial charge is 0.322 e. The van der Waals surface area contributed by atoms with E-state index in [1.807, 2.05) is 31.2 Å². The molecule has 0 bridgehead atoms. The van der Waals surface area contributed by atoms with E-state index in [0.717, 1.165) is 11.1 Å². The Labute approximate surface area is 93.0 Å². The fraction of sp³-hybridized carbons (Fsp3) is 0.167. The molecule has 4 nitrogen and oxygen atoms in total. The number of amides is 3. The molecule has 0 radical (unpaired) electrons. The number of hydrogen-bond acceptors (Lipinski definition) is 2. The maximum absolute atomic E-state index is 11.2. The first kappa shape index (κ1) is 10.2. The first-order valence-corrected chi connectivity index (χ1v) is 4.85. The van der Waals surface area contributed by atoms with Gasteiger partial charge >= 0.3 is 6.03 Å². The van der Waals surface area contributed by atoms with Gasteiger partial charge in [0, 0.05) is 5.56 Å². The first-order chi connectivity index (χ1) is 7.65. The van der Waals surface area contributed by atoms with Gasteiger partial charge in [-0.1, -0.05) is 29.5 Å². The van der Waals surface area contributed by atoms with E-state index in [9.17, 15) is 9.59 Å². The van der Waals surface area contributed by atoms with Gasteiger partial charge in [0.15, 0.2) is 6.04 Å². The van der Waals surface area contributed by atoms with Crippen LogP contribution in [0, 0.1) is 18.8 Å². The minimum Gasteiger partial charge on any atom is -0.316 e. The van der Waals surface area contributed by atoms with Crippen molar-refractivity contribution in [2.45, 2.75) is 13.0 Å². The van der Waals surface area contributed by atoms with Crippen molar-refractivity contribution in [1.29, 1.82) is 0 Å². The van der Waals surface area contributed by atoms with Crippen LogP contribution in [-0.4, -0.2) is 18.0 Å². The number of rotatable bonds is 0. The smallest absolute Gasteiger partial charge is 0.316 e. The van der Waals surface area contributed by atoms with Gasteiger partial charge in [0.25, 0.3) is 5.91 Å². The fourth-order valence-corrected chi connectivity index (χ4v) is 1.31. The molecule has 1 aromatic rings. The Balaban J connectivity index is 2.13. The van der Waals surface area contributed by atoms with Gasteiger partial charge < -0.3 is 5.32 Å². The van der Waals surface area contributed by atoms with Gasteiger partial charge in [0.05, 0.1) is 0 Å². The van der Waals surface area contributed by atoms with Gasteiger partial charge in [-0.15, -0.1) is 0 Å². The van der Waals surface area contributed by atoms with E-state index in [4.69, 9.17) is 0 Å². The Bertz CT molecular complexity index is 494. The van der Waals surface area contributed by atoms with Crippen LogP contribution in [0.15, 0.2) is 24.3 Å². The highest BCUT2D eigenvalue weighted by atomic mass is 16.2. The number of nitrogens with one attached hydrogen (secondary N) is 2. The van der Waals surface area contributed by atoms with E-state index in [-0.39, 0.29) is 0 Å². The van der Waals surface area contributed by atoms with Crippen LogP contribution >= 0.6 is 0 Å². The molecule has 1 aliphatic rings. The number of aryl methyl sites for hydroxylation is 1. The molecule has 2 rings (SSSR count). The van der Waals surface area contributed by atoms with E-state index in [1.165, 1.54) is 0 Å². The highest BCUT2D eigenvalue weighted by Gasteiger charge is 2.27. The highest BCUT2D eigenvalue weighted by Crippen LogP contribution is 2.01. The van der Waals surface area contributed by atoms with Crippen LogP contribution < -0.4 is 10.6 Å². The zero-order chi connectivity index (χ0) is 11.5. The molecule has 4 heteroatoms. The molecule has 2 N–H and O–H groups in total. The summed E-state index contributed by atoms with van der Waals surface area (Å²) in [6, 6.07) is 6.39. The predicted molar refractivity (Wildman–Crippen MR) is 58.5 cm³/mol. The topological polar surface area (TPSA) is 58.2 Å². The lowest BCUT2D eigenvalue weighted by Crippen LogP contribution is -2.26. The molecule has 1 atom stereocenters. The van der Waals surface area contributed by atoms with Crippen LogP contribution in [0.5, 0.6) is 0 Å². The van der Waals surface area contributed by atoms with Gasteiger partial charge in [0.1, 0.15) is 0 Å². The van der Waals surface area contributed by atoms with Crippen LogP contribution in [0.3, 0.4) is 0 Å². The lowest BCUT2D eigenvalue weighted by atomic mass is 10.1. The van der Waals surface area contributed by atoms with Crippen molar-refractivity contribution in [1.82, 2.24) is 10.6 Å². The van der Waals surface area contributed by atoms with E-state index in [1.54, 1.807) is 0 Å². The van der Waals surface area contributed by atoms with Crippen molar-refractivity contribution >= 4 is 11.9 Å². The van der Waals surface area contributed by atoms with E-state index in [0.29, 0.717) is 0 Å². The summed E-state index contributed by atoms with van der Waals surface area (Å²) in [5.41, 5.74) is 1.97. The van der Waals surface area contributed by atoms with Crippen molar-refractivity contribution in [3.8, 4) is 11.8 Å². The van der Waals surface area contributed by atoms with Crippen LogP contribution in [0.4, 0.5) is 4.79 Å². The average molecular weight is 214 g/mol. The molecule has 1 aromatic carbocycles. The number of benzene rings is 1. The van der Waals surface area contributed by atoms with Crippen molar-refractivity contribution in [2.24, 2.45) is 0 Å². The molecule has 1 heterocycles. The summed E-state index contributed by atoms with van der Waals surface area (Å²) in [6.45, 7) is 1.99. The summed E-state index contributed by atoms with van der Waals surface area (Å²) >= 11 is 0. The molecule has 1 unspecified atom stereocenters. The number of carbonyl (C=O) groups is 2. The van der Waals surface area contributed by atoms with Gasteiger partial charge in [-0.25, -0.2) is 4.79 Å². The molecular weight excluding hydrogens is 204 g/mol. The minimum absolute atomic E-state index is 0.399. The maximum atomic E-state index is 11.2. The van der Waals surface area contributed by atoms with Crippen LogP contribution in [0.2, 0.25) is 0 Å². The molecule has 1 saturated heterocycles. The Morgan fingerprint density at radius 2 is 1.88 bits per heavy atom. The summed E-state index contributed by atoms with van der Waals surface area (Å²) in [6.07, 6.45) is 0. The Hall–Kier alpha value is -2.28. The SMILES string of the molecule is Cc1ccc(C#CC2NC(=O)NC2=O)cc1. The Morgan fingerprint density at radius 3 is 2.44 bits per heavy atom.